The Morgan fingerprint density at radius 3 is 2.78 bits per heavy atom. The number of rotatable bonds is 8. The maximum Gasteiger partial charge on any atom is 0.191 e. The van der Waals surface area contributed by atoms with Crippen LogP contribution in [0.3, 0.4) is 0 Å². The number of methoxy groups -OCH3 is 1. The number of hydrogen-bond donors (Lipinski definition) is 2. The van der Waals surface area contributed by atoms with E-state index in [4.69, 9.17) is 14.1 Å². The molecule has 1 fully saturated rings. The van der Waals surface area contributed by atoms with Crippen LogP contribution >= 0.6 is 0 Å². The normalized spacial score (nSPS) is 16.3. The number of nitrogens with one attached hydrogen (secondary N) is 2. The lowest BCUT2D eigenvalue weighted by molar-refractivity contribution is 0.215. The van der Waals surface area contributed by atoms with Crippen molar-refractivity contribution in [2.24, 2.45) is 4.99 Å². The SMILES string of the molecule is CCNC(=NCc1cccc(OC)c1)NCC(c1ccco1)N1CCCC1. The minimum Gasteiger partial charge on any atom is -0.497 e. The summed E-state index contributed by atoms with van der Waals surface area (Å²) in [6, 6.07) is 12.3. The largest absolute Gasteiger partial charge is 0.497 e. The average Bonchev–Trinajstić information content (AvgIpc) is 3.41. The first-order valence-corrected chi connectivity index (χ1v) is 9.72. The predicted octanol–water partition coefficient (Wildman–Crippen LogP) is 3.18. The van der Waals surface area contributed by atoms with Crippen LogP contribution in [0.15, 0.2) is 52.1 Å². The third-order valence-electron chi connectivity index (χ3n) is 4.81. The van der Waals surface area contributed by atoms with E-state index in [1.54, 1.807) is 13.4 Å². The minimum atomic E-state index is 0.225. The number of benzene rings is 1. The number of furan rings is 1. The first kappa shape index (κ1) is 19.3. The van der Waals surface area contributed by atoms with E-state index in [0.717, 1.165) is 49.2 Å². The Morgan fingerprint density at radius 2 is 2.07 bits per heavy atom. The molecule has 2 N–H and O–H groups in total. The molecule has 2 heterocycles. The van der Waals surface area contributed by atoms with Gasteiger partial charge in [0.1, 0.15) is 11.5 Å². The third kappa shape index (κ3) is 5.50. The van der Waals surface area contributed by atoms with Gasteiger partial charge in [-0.15, -0.1) is 0 Å². The van der Waals surface area contributed by atoms with E-state index < -0.39 is 0 Å². The molecule has 1 aliphatic heterocycles. The van der Waals surface area contributed by atoms with Crippen molar-refractivity contribution in [2.45, 2.75) is 32.4 Å². The van der Waals surface area contributed by atoms with E-state index in [0.29, 0.717) is 6.54 Å². The predicted molar refractivity (Wildman–Crippen MR) is 108 cm³/mol. The summed E-state index contributed by atoms with van der Waals surface area (Å²) < 4.78 is 11.0. The fourth-order valence-electron chi connectivity index (χ4n) is 3.42. The van der Waals surface area contributed by atoms with Gasteiger partial charge in [-0.25, -0.2) is 4.99 Å². The summed E-state index contributed by atoms with van der Waals surface area (Å²) in [5, 5.41) is 6.82. The quantitative estimate of drug-likeness (QED) is 0.552. The van der Waals surface area contributed by atoms with Gasteiger partial charge in [-0.2, -0.15) is 0 Å². The number of hydrogen-bond acceptors (Lipinski definition) is 4. The maximum absolute atomic E-state index is 5.70. The topological polar surface area (TPSA) is 62.0 Å². The van der Waals surface area contributed by atoms with Crippen LogP contribution in [0.25, 0.3) is 0 Å². The standard InChI is InChI=1S/C21H30N4O2/c1-3-22-21(23-15-17-8-6-9-18(14-17)26-2)24-16-19(20-10-7-13-27-20)25-11-4-5-12-25/h6-10,13-14,19H,3-5,11-12,15-16H2,1-2H3,(H2,22,23,24). The Hall–Kier alpha value is -2.47. The number of guanidine groups is 1. The maximum atomic E-state index is 5.70. The van der Waals surface area contributed by atoms with Gasteiger partial charge in [-0.05, 0) is 62.7 Å². The van der Waals surface area contributed by atoms with E-state index in [2.05, 4.69) is 34.6 Å². The number of likely N-dealkylation sites (tertiary alicyclic amines) is 1. The zero-order valence-electron chi connectivity index (χ0n) is 16.3. The van der Waals surface area contributed by atoms with Gasteiger partial charge in [-0.1, -0.05) is 12.1 Å². The molecule has 1 aliphatic rings. The summed E-state index contributed by atoms with van der Waals surface area (Å²) in [7, 11) is 1.68. The molecule has 1 aromatic heterocycles. The smallest absolute Gasteiger partial charge is 0.191 e. The highest BCUT2D eigenvalue weighted by Crippen LogP contribution is 2.24. The van der Waals surface area contributed by atoms with Crippen molar-refractivity contribution in [3.8, 4) is 5.75 Å². The molecule has 6 heteroatoms. The van der Waals surface area contributed by atoms with Crippen molar-refractivity contribution >= 4 is 5.96 Å². The molecule has 1 atom stereocenters. The molecule has 0 aliphatic carbocycles. The summed E-state index contributed by atoms with van der Waals surface area (Å²) in [6.45, 7) is 6.49. The van der Waals surface area contributed by atoms with Crippen molar-refractivity contribution in [2.75, 3.05) is 33.3 Å². The Kier molecular flexibility index (Phi) is 7.16. The molecular formula is C21H30N4O2. The van der Waals surface area contributed by atoms with E-state index in [1.165, 1.54) is 12.8 Å². The van der Waals surface area contributed by atoms with Crippen molar-refractivity contribution in [3.05, 3.63) is 54.0 Å². The first-order chi connectivity index (χ1) is 13.3. The van der Waals surface area contributed by atoms with Crippen LogP contribution in [0.1, 0.15) is 37.1 Å². The second-order valence-electron chi connectivity index (χ2n) is 6.70. The molecule has 3 rings (SSSR count). The number of nitrogens with zero attached hydrogens (tertiary/aromatic N) is 2. The zero-order chi connectivity index (χ0) is 18.9. The van der Waals surface area contributed by atoms with Gasteiger partial charge in [0.05, 0.1) is 26.0 Å². The van der Waals surface area contributed by atoms with E-state index in [1.807, 2.05) is 24.3 Å². The Labute approximate surface area is 161 Å². The van der Waals surface area contributed by atoms with Crippen LogP contribution in [-0.4, -0.2) is 44.1 Å². The fraction of sp³-hybridized carbons (Fsp3) is 0.476. The van der Waals surface area contributed by atoms with Crippen LogP contribution in [0.4, 0.5) is 0 Å². The van der Waals surface area contributed by atoms with Crippen LogP contribution in [-0.2, 0) is 6.54 Å². The Balaban J connectivity index is 1.65. The Bertz CT molecular complexity index is 709. The molecule has 0 bridgehead atoms. The minimum absolute atomic E-state index is 0.225. The van der Waals surface area contributed by atoms with Gasteiger partial charge in [0.15, 0.2) is 5.96 Å². The van der Waals surface area contributed by atoms with E-state index >= 15 is 0 Å². The fourth-order valence-corrected chi connectivity index (χ4v) is 3.42. The number of ether oxygens (including phenoxy) is 1. The van der Waals surface area contributed by atoms with Crippen molar-refractivity contribution in [1.29, 1.82) is 0 Å². The highest BCUT2D eigenvalue weighted by molar-refractivity contribution is 5.79. The monoisotopic (exact) mass is 370 g/mol. The van der Waals surface area contributed by atoms with Crippen molar-refractivity contribution in [1.82, 2.24) is 15.5 Å². The molecule has 0 amide bonds. The molecule has 2 aromatic rings. The molecule has 1 aromatic carbocycles. The second kappa shape index (κ2) is 10.0. The van der Waals surface area contributed by atoms with Gasteiger partial charge in [0, 0.05) is 13.1 Å². The molecular weight excluding hydrogens is 340 g/mol. The highest BCUT2D eigenvalue weighted by atomic mass is 16.5. The summed E-state index contributed by atoms with van der Waals surface area (Å²) in [5.74, 6) is 2.68. The molecule has 1 unspecified atom stereocenters. The van der Waals surface area contributed by atoms with E-state index in [9.17, 15) is 0 Å². The molecule has 0 saturated carbocycles. The van der Waals surface area contributed by atoms with E-state index in [-0.39, 0.29) is 6.04 Å². The Morgan fingerprint density at radius 1 is 1.22 bits per heavy atom. The molecule has 0 radical (unpaired) electrons. The van der Waals surface area contributed by atoms with Crippen LogP contribution < -0.4 is 15.4 Å². The van der Waals surface area contributed by atoms with Crippen molar-refractivity contribution < 1.29 is 9.15 Å². The van der Waals surface area contributed by atoms with Crippen LogP contribution in [0, 0.1) is 0 Å². The molecule has 27 heavy (non-hydrogen) atoms. The summed E-state index contributed by atoms with van der Waals surface area (Å²) in [5.41, 5.74) is 1.12. The van der Waals surface area contributed by atoms with Gasteiger partial charge >= 0.3 is 0 Å². The summed E-state index contributed by atoms with van der Waals surface area (Å²) in [4.78, 5) is 7.21. The molecule has 1 saturated heterocycles. The molecule has 146 valence electrons. The average molecular weight is 370 g/mol. The lowest BCUT2D eigenvalue weighted by Gasteiger charge is -2.26. The van der Waals surface area contributed by atoms with Crippen molar-refractivity contribution in [3.63, 3.8) is 0 Å². The summed E-state index contributed by atoms with van der Waals surface area (Å²) >= 11 is 0. The highest BCUT2D eigenvalue weighted by Gasteiger charge is 2.25. The zero-order valence-corrected chi connectivity index (χ0v) is 16.3. The third-order valence-corrected chi connectivity index (χ3v) is 4.81. The number of aliphatic imine (C=N–C) groups is 1. The van der Waals surface area contributed by atoms with Crippen LogP contribution in [0.2, 0.25) is 0 Å². The van der Waals surface area contributed by atoms with Gasteiger partial charge in [0.25, 0.3) is 0 Å². The van der Waals surface area contributed by atoms with Gasteiger partial charge in [-0.3, -0.25) is 4.90 Å². The summed E-state index contributed by atoms with van der Waals surface area (Å²) in [6.07, 6.45) is 4.25. The van der Waals surface area contributed by atoms with Crippen LogP contribution in [0.5, 0.6) is 5.75 Å². The second-order valence-corrected chi connectivity index (χ2v) is 6.70. The lowest BCUT2D eigenvalue weighted by atomic mass is 10.2. The molecule has 0 spiro atoms. The van der Waals surface area contributed by atoms with Gasteiger partial charge < -0.3 is 19.8 Å². The lowest BCUT2D eigenvalue weighted by Crippen LogP contribution is -2.42. The molecule has 6 nitrogen and oxygen atoms in total. The first-order valence-electron chi connectivity index (χ1n) is 9.72. The van der Waals surface area contributed by atoms with Gasteiger partial charge in [0.2, 0.25) is 0 Å².